The molecule has 0 saturated heterocycles. The van der Waals surface area contributed by atoms with Gasteiger partial charge in [0.2, 0.25) is 0 Å². The van der Waals surface area contributed by atoms with Gasteiger partial charge in [-0.25, -0.2) is 0 Å². The molecule has 0 saturated carbocycles. The van der Waals surface area contributed by atoms with E-state index < -0.39 is 0 Å². The highest BCUT2D eigenvalue weighted by atomic mass is 16.5. The zero-order valence-electron chi connectivity index (χ0n) is 7.52. The second kappa shape index (κ2) is 6.16. The lowest BCUT2D eigenvalue weighted by Gasteiger charge is -2.11. The molecule has 0 heterocycles. The second-order valence-electron chi connectivity index (χ2n) is 2.40. The van der Waals surface area contributed by atoms with Gasteiger partial charge in [-0.05, 0) is 20.4 Å². The van der Waals surface area contributed by atoms with E-state index in [0.717, 1.165) is 6.42 Å². The molecule has 11 heavy (non-hydrogen) atoms. The third kappa shape index (κ3) is 4.79. The number of esters is 1. The molecule has 1 unspecified atom stereocenters. The van der Waals surface area contributed by atoms with Crippen LogP contribution >= 0.6 is 0 Å². The van der Waals surface area contributed by atoms with Crippen LogP contribution in [0.25, 0.3) is 0 Å². The van der Waals surface area contributed by atoms with Gasteiger partial charge in [0.1, 0.15) is 0 Å². The lowest BCUT2D eigenvalue weighted by Crippen LogP contribution is -2.27. The fourth-order valence-electron chi connectivity index (χ4n) is 0.872. The van der Waals surface area contributed by atoms with Crippen molar-refractivity contribution in [1.29, 1.82) is 0 Å². The maximum absolute atomic E-state index is 10.9. The predicted molar refractivity (Wildman–Crippen MR) is 44.4 cm³/mol. The van der Waals surface area contributed by atoms with Gasteiger partial charge < -0.3 is 10.1 Å². The van der Waals surface area contributed by atoms with Crippen LogP contribution in [0.1, 0.15) is 26.7 Å². The van der Waals surface area contributed by atoms with Crippen LogP contribution in [0.5, 0.6) is 0 Å². The van der Waals surface area contributed by atoms with E-state index in [4.69, 9.17) is 4.74 Å². The smallest absolute Gasteiger partial charge is 0.307 e. The minimum absolute atomic E-state index is 0.117. The Morgan fingerprint density at radius 1 is 1.55 bits per heavy atom. The molecule has 1 atom stereocenters. The minimum Gasteiger partial charge on any atom is -0.466 e. The summed E-state index contributed by atoms with van der Waals surface area (Å²) in [6.45, 7) is 4.33. The molecule has 0 aliphatic rings. The van der Waals surface area contributed by atoms with Crippen LogP contribution in [0, 0.1) is 0 Å². The molecule has 0 radical (unpaired) electrons. The minimum atomic E-state index is -0.117. The van der Waals surface area contributed by atoms with Gasteiger partial charge in [0.25, 0.3) is 0 Å². The van der Waals surface area contributed by atoms with Crippen LogP contribution in [0.15, 0.2) is 0 Å². The van der Waals surface area contributed by atoms with E-state index >= 15 is 0 Å². The normalized spacial score (nSPS) is 12.6. The van der Waals surface area contributed by atoms with Crippen molar-refractivity contribution < 1.29 is 9.53 Å². The topological polar surface area (TPSA) is 38.3 Å². The molecular weight excluding hydrogens is 142 g/mol. The Morgan fingerprint density at radius 2 is 2.18 bits per heavy atom. The van der Waals surface area contributed by atoms with E-state index in [2.05, 4.69) is 5.32 Å². The van der Waals surface area contributed by atoms with Gasteiger partial charge in [-0.3, -0.25) is 4.79 Å². The molecule has 0 spiro atoms. The van der Waals surface area contributed by atoms with Crippen molar-refractivity contribution in [3.05, 3.63) is 0 Å². The highest BCUT2D eigenvalue weighted by molar-refractivity contribution is 5.70. The molecule has 0 aromatic heterocycles. The summed E-state index contributed by atoms with van der Waals surface area (Å²) in [7, 11) is 1.85. The maximum atomic E-state index is 10.9. The lowest BCUT2D eigenvalue weighted by atomic mass is 10.1. The van der Waals surface area contributed by atoms with Crippen molar-refractivity contribution in [2.45, 2.75) is 32.7 Å². The molecule has 0 bridgehead atoms. The Kier molecular flexibility index (Phi) is 5.84. The van der Waals surface area contributed by atoms with Gasteiger partial charge in [-0.15, -0.1) is 0 Å². The maximum Gasteiger partial charge on any atom is 0.307 e. The summed E-state index contributed by atoms with van der Waals surface area (Å²) >= 11 is 0. The van der Waals surface area contributed by atoms with Gasteiger partial charge in [0, 0.05) is 6.04 Å². The molecule has 0 aliphatic carbocycles. The van der Waals surface area contributed by atoms with Gasteiger partial charge in [-0.2, -0.15) is 0 Å². The molecule has 0 aliphatic heterocycles. The van der Waals surface area contributed by atoms with E-state index in [1.807, 2.05) is 20.9 Å². The number of carbonyl (C=O) groups excluding carboxylic acids is 1. The summed E-state index contributed by atoms with van der Waals surface area (Å²) in [6.07, 6.45) is 1.43. The van der Waals surface area contributed by atoms with Gasteiger partial charge in [-0.1, -0.05) is 6.92 Å². The molecule has 0 rings (SSSR count). The zero-order chi connectivity index (χ0) is 8.69. The van der Waals surface area contributed by atoms with Crippen LogP contribution in [-0.2, 0) is 9.53 Å². The molecule has 66 valence electrons. The van der Waals surface area contributed by atoms with Crippen LogP contribution in [-0.4, -0.2) is 25.7 Å². The van der Waals surface area contributed by atoms with Crippen molar-refractivity contribution >= 4 is 5.97 Å². The van der Waals surface area contributed by atoms with Crippen molar-refractivity contribution in [2.75, 3.05) is 13.7 Å². The summed E-state index contributed by atoms with van der Waals surface area (Å²) in [5, 5.41) is 3.04. The first-order valence-corrected chi connectivity index (χ1v) is 4.07. The van der Waals surface area contributed by atoms with Gasteiger partial charge in [0.15, 0.2) is 0 Å². The number of hydrogen-bond donors (Lipinski definition) is 1. The third-order valence-electron chi connectivity index (χ3n) is 1.62. The average molecular weight is 159 g/mol. The third-order valence-corrected chi connectivity index (χ3v) is 1.62. The largest absolute Gasteiger partial charge is 0.466 e. The molecule has 0 aromatic rings. The lowest BCUT2D eigenvalue weighted by molar-refractivity contribution is -0.143. The van der Waals surface area contributed by atoms with E-state index in [0.29, 0.717) is 13.0 Å². The highest BCUT2D eigenvalue weighted by Gasteiger charge is 2.09. The summed E-state index contributed by atoms with van der Waals surface area (Å²) < 4.78 is 4.80. The fraction of sp³-hybridized carbons (Fsp3) is 0.875. The first kappa shape index (κ1) is 10.4. The summed E-state index contributed by atoms with van der Waals surface area (Å²) in [4.78, 5) is 10.9. The predicted octanol–water partition coefficient (Wildman–Crippen LogP) is 0.938. The quantitative estimate of drug-likeness (QED) is 0.607. The Hall–Kier alpha value is -0.570. The molecule has 1 N–H and O–H groups in total. The number of hydrogen-bond acceptors (Lipinski definition) is 3. The molecule has 0 aromatic carbocycles. The Labute approximate surface area is 68.1 Å². The zero-order valence-corrected chi connectivity index (χ0v) is 7.52. The van der Waals surface area contributed by atoms with Crippen LogP contribution in [0.3, 0.4) is 0 Å². The summed E-state index contributed by atoms with van der Waals surface area (Å²) in [6, 6.07) is 0.258. The number of ether oxygens (including phenoxy) is 1. The van der Waals surface area contributed by atoms with E-state index in [1.54, 1.807) is 0 Å². The molecular formula is C8H17NO2. The van der Waals surface area contributed by atoms with Crippen LogP contribution in [0.2, 0.25) is 0 Å². The summed E-state index contributed by atoms with van der Waals surface area (Å²) in [5.41, 5.74) is 0. The van der Waals surface area contributed by atoms with E-state index in [1.165, 1.54) is 0 Å². The SMILES string of the molecule is CCOC(=O)CC(CC)NC. The second-order valence-corrected chi connectivity index (χ2v) is 2.40. The van der Waals surface area contributed by atoms with Crippen molar-refractivity contribution in [3.63, 3.8) is 0 Å². The Bertz CT molecular complexity index is 111. The molecule has 0 fully saturated rings. The Balaban J connectivity index is 3.54. The number of rotatable bonds is 5. The van der Waals surface area contributed by atoms with E-state index in [9.17, 15) is 4.79 Å². The van der Waals surface area contributed by atoms with Crippen LogP contribution < -0.4 is 5.32 Å². The molecule has 0 amide bonds. The first-order chi connectivity index (χ1) is 5.24. The number of nitrogens with one attached hydrogen (secondary N) is 1. The monoisotopic (exact) mass is 159 g/mol. The average Bonchev–Trinajstić information content (AvgIpc) is 2.01. The van der Waals surface area contributed by atoms with Crippen molar-refractivity contribution in [1.82, 2.24) is 5.32 Å². The number of carbonyl (C=O) groups is 1. The molecule has 3 heteroatoms. The Morgan fingerprint density at radius 3 is 2.55 bits per heavy atom. The van der Waals surface area contributed by atoms with Gasteiger partial charge >= 0.3 is 5.97 Å². The fourth-order valence-corrected chi connectivity index (χ4v) is 0.872. The van der Waals surface area contributed by atoms with Gasteiger partial charge in [0.05, 0.1) is 13.0 Å². The first-order valence-electron chi connectivity index (χ1n) is 4.07. The highest BCUT2D eigenvalue weighted by Crippen LogP contribution is 1.98. The van der Waals surface area contributed by atoms with Crippen molar-refractivity contribution in [2.24, 2.45) is 0 Å². The van der Waals surface area contributed by atoms with E-state index in [-0.39, 0.29) is 12.0 Å². The van der Waals surface area contributed by atoms with Crippen molar-refractivity contribution in [3.8, 4) is 0 Å². The summed E-state index contributed by atoms with van der Waals surface area (Å²) in [5.74, 6) is -0.117. The standard InChI is InChI=1S/C8H17NO2/c1-4-7(9-3)6-8(10)11-5-2/h7,9H,4-6H2,1-3H3. The van der Waals surface area contributed by atoms with Crippen LogP contribution in [0.4, 0.5) is 0 Å². The molecule has 3 nitrogen and oxygen atoms in total.